The van der Waals surface area contributed by atoms with Crippen molar-refractivity contribution >= 4 is 5.91 Å². The largest absolute Gasteiger partial charge is 0.345 e. The minimum atomic E-state index is -3.15. The standard InChI is InChI=1S/C7H10F2N4O2/c8-7(9,2-10)3-12-5(14)4-1-11-6(15)13-4/h1H,2-3,10H2,(H,12,14)(H2,11,13,15). The van der Waals surface area contributed by atoms with Crippen LogP contribution in [-0.4, -0.2) is 34.9 Å². The van der Waals surface area contributed by atoms with Crippen LogP contribution in [0.15, 0.2) is 11.0 Å². The molecule has 0 aliphatic heterocycles. The van der Waals surface area contributed by atoms with E-state index in [1.54, 1.807) is 0 Å². The number of carbonyl (C=O) groups excluding carboxylic acids is 1. The first-order chi connectivity index (χ1) is 6.94. The van der Waals surface area contributed by atoms with Gasteiger partial charge in [-0.2, -0.15) is 0 Å². The van der Waals surface area contributed by atoms with E-state index in [1.165, 1.54) is 0 Å². The molecular weight excluding hydrogens is 210 g/mol. The maximum absolute atomic E-state index is 12.6. The van der Waals surface area contributed by atoms with E-state index in [1.807, 2.05) is 5.32 Å². The molecular formula is C7H10F2N4O2. The smallest absolute Gasteiger partial charge is 0.323 e. The summed E-state index contributed by atoms with van der Waals surface area (Å²) in [7, 11) is 0. The lowest BCUT2D eigenvalue weighted by Gasteiger charge is -2.13. The van der Waals surface area contributed by atoms with E-state index in [-0.39, 0.29) is 5.69 Å². The number of amides is 1. The van der Waals surface area contributed by atoms with Crippen LogP contribution >= 0.6 is 0 Å². The fourth-order valence-corrected chi connectivity index (χ4v) is 0.831. The van der Waals surface area contributed by atoms with Gasteiger partial charge in [0.2, 0.25) is 0 Å². The number of hydrogen-bond donors (Lipinski definition) is 4. The molecule has 8 heteroatoms. The molecule has 0 saturated heterocycles. The van der Waals surface area contributed by atoms with Crippen LogP contribution in [0.5, 0.6) is 0 Å². The Balaban J connectivity index is 2.54. The molecule has 0 spiro atoms. The minimum Gasteiger partial charge on any atom is -0.345 e. The minimum absolute atomic E-state index is 0.104. The van der Waals surface area contributed by atoms with Gasteiger partial charge in [0, 0.05) is 6.20 Å². The monoisotopic (exact) mass is 220 g/mol. The predicted molar refractivity (Wildman–Crippen MR) is 47.7 cm³/mol. The Bertz CT molecular complexity index is 398. The molecule has 1 amide bonds. The van der Waals surface area contributed by atoms with Gasteiger partial charge in [-0.15, -0.1) is 0 Å². The van der Waals surface area contributed by atoms with E-state index in [2.05, 4.69) is 9.97 Å². The molecule has 0 radical (unpaired) electrons. The first kappa shape index (κ1) is 11.4. The van der Waals surface area contributed by atoms with Crippen molar-refractivity contribution in [1.82, 2.24) is 15.3 Å². The second-order valence-electron chi connectivity index (χ2n) is 2.90. The third kappa shape index (κ3) is 3.17. The Labute approximate surface area is 82.9 Å². The van der Waals surface area contributed by atoms with Crippen LogP contribution in [-0.2, 0) is 0 Å². The number of hydrogen-bond acceptors (Lipinski definition) is 3. The van der Waals surface area contributed by atoms with E-state index in [9.17, 15) is 18.4 Å². The highest BCUT2D eigenvalue weighted by molar-refractivity contribution is 5.91. The first-order valence-electron chi connectivity index (χ1n) is 4.08. The Hall–Kier alpha value is -1.70. The molecule has 1 aromatic heterocycles. The van der Waals surface area contributed by atoms with E-state index in [0.29, 0.717) is 0 Å². The Morgan fingerprint density at radius 3 is 2.73 bits per heavy atom. The molecule has 6 nitrogen and oxygen atoms in total. The summed E-state index contributed by atoms with van der Waals surface area (Å²) < 4.78 is 25.2. The molecule has 0 fully saturated rings. The number of alkyl halides is 2. The van der Waals surface area contributed by atoms with Crippen LogP contribution in [0.25, 0.3) is 0 Å². The predicted octanol–water partition coefficient (Wildman–Crippen LogP) is -0.973. The van der Waals surface area contributed by atoms with Gasteiger partial charge in [-0.3, -0.25) is 4.79 Å². The quantitative estimate of drug-likeness (QED) is 0.524. The lowest BCUT2D eigenvalue weighted by Crippen LogP contribution is -2.41. The van der Waals surface area contributed by atoms with Gasteiger partial charge in [-0.25, -0.2) is 13.6 Å². The zero-order valence-corrected chi connectivity index (χ0v) is 7.64. The van der Waals surface area contributed by atoms with Crippen molar-refractivity contribution < 1.29 is 13.6 Å². The normalized spacial score (nSPS) is 11.4. The fourth-order valence-electron chi connectivity index (χ4n) is 0.831. The van der Waals surface area contributed by atoms with Crippen molar-refractivity contribution in [2.45, 2.75) is 5.92 Å². The summed E-state index contributed by atoms with van der Waals surface area (Å²) in [4.78, 5) is 26.0. The third-order valence-corrected chi connectivity index (χ3v) is 1.65. The van der Waals surface area contributed by atoms with E-state index >= 15 is 0 Å². The van der Waals surface area contributed by atoms with Gasteiger partial charge in [0.25, 0.3) is 11.8 Å². The van der Waals surface area contributed by atoms with Crippen molar-refractivity contribution in [3.05, 3.63) is 22.4 Å². The maximum atomic E-state index is 12.6. The number of nitrogens with two attached hydrogens (primary N) is 1. The highest BCUT2D eigenvalue weighted by Gasteiger charge is 2.27. The van der Waals surface area contributed by atoms with Gasteiger partial charge < -0.3 is 21.0 Å². The molecule has 0 unspecified atom stereocenters. The van der Waals surface area contributed by atoms with Crippen molar-refractivity contribution in [3.8, 4) is 0 Å². The summed E-state index contributed by atoms with van der Waals surface area (Å²) in [5, 5.41) is 1.94. The fraction of sp³-hybridized carbons (Fsp3) is 0.429. The van der Waals surface area contributed by atoms with Crippen molar-refractivity contribution in [2.24, 2.45) is 5.73 Å². The number of aromatic amines is 2. The zero-order valence-electron chi connectivity index (χ0n) is 7.64. The van der Waals surface area contributed by atoms with Crippen molar-refractivity contribution in [1.29, 1.82) is 0 Å². The summed E-state index contributed by atoms with van der Waals surface area (Å²) in [5.41, 5.74) is 4.09. The molecule has 15 heavy (non-hydrogen) atoms. The molecule has 5 N–H and O–H groups in total. The average Bonchev–Trinajstić information content (AvgIpc) is 2.61. The summed E-state index contributed by atoms with van der Waals surface area (Å²) in [5.74, 6) is -3.94. The van der Waals surface area contributed by atoms with Gasteiger partial charge in [0.05, 0.1) is 13.1 Å². The third-order valence-electron chi connectivity index (χ3n) is 1.65. The number of nitrogens with one attached hydrogen (secondary N) is 3. The highest BCUT2D eigenvalue weighted by atomic mass is 19.3. The molecule has 0 aromatic carbocycles. The topological polar surface area (TPSA) is 104 Å². The highest BCUT2D eigenvalue weighted by Crippen LogP contribution is 2.08. The Morgan fingerprint density at radius 1 is 1.60 bits per heavy atom. The van der Waals surface area contributed by atoms with Gasteiger partial charge in [-0.05, 0) is 0 Å². The van der Waals surface area contributed by atoms with Crippen LogP contribution in [0.2, 0.25) is 0 Å². The van der Waals surface area contributed by atoms with Crippen molar-refractivity contribution in [3.63, 3.8) is 0 Å². The molecule has 1 aromatic rings. The van der Waals surface area contributed by atoms with Crippen LogP contribution in [0.1, 0.15) is 10.5 Å². The van der Waals surface area contributed by atoms with Gasteiger partial charge in [0.1, 0.15) is 5.69 Å². The summed E-state index contributed by atoms with van der Waals surface area (Å²) in [6.45, 7) is -1.72. The van der Waals surface area contributed by atoms with E-state index < -0.39 is 30.6 Å². The van der Waals surface area contributed by atoms with Crippen LogP contribution in [0.4, 0.5) is 8.78 Å². The first-order valence-corrected chi connectivity index (χ1v) is 4.08. The number of imidazole rings is 1. The second-order valence-corrected chi connectivity index (χ2v) is 2.90. The molecule has 0 aliphatic rings. The number of H-pyrrole nitrogens is 2. The average molecular weight is 220 g/mol. The Morgan fingerprint density at radius 2 is 2.27 bits per heavy atom. The summed E-state index contributed by atoms with van der Waals surface area (Å²) in [6, 6.07) is 0. The molecule has 84 valence electrons. The Kier molecular flexibility index (Phi) is 3.20. The molecule has 0 atom stereocenters. The number of halogens is 2. The molecule has 0 bridgehead atoms. The van der Waals surface area contributed by atoms with Gasteiger partial charge >= 0.3 is 5.69 Å². The lowest BCUT2D eigenvalue weighted by atomic mass is 10.3. The molecule has 0 saturated carbocycles. The number of aromatic nitrogens is 2. The zero-order chi connectivity index (χ0) is 11.5. The number of rotatable bonds is 4. The summed E-state index contributed by atoms with van der Waals surface area (Å²) >= 11 is 0. The maximum Gasteiger partial charge on any atom is 0.323 e. The lowest BCUT2D eigenvalue weighted by molar-refractivity contribution is 0.0118. The van der Waals surface area contributed by atoms with Crippen molar-refractivity contribution in [2.75, 3.05) is 13.1 Å². The number of carbonyl (C=O) groups is 1. The second kappa shape index (κ2) is 4.22. The molecule has 1 heterocycles. The molecule has 0 aliphatic carbocycles. The van der Waals surface area contributed by atoms with Crippen LogP contribution < -0.4 is 16.7 Å². The summed E-state index contributed by atoms with van der Waals surface area (Å²) in [6.07, 6.45) is 1.10. The van der Waals surface area contributed by atoms with Gasteiger partial charge in [0.15, 0.2) is 0 Å². The SMILES string of the molecule is NCC(F)(F)CNC(=O)c1c[nH]c(=O)[nH]1. The van der Waals surface area contributed by atoms with E-state index in [0.717, 1.165) is 6.20 Å². The van der Waals surface area contributed by atoms with Crippen LogP contribution in [0, 0.1) is 0 Å². The van der Waals surface area contributed by atoms with Crippen LogP contribution in [0.3, 0.4) is 0 Å². The van der Waals surface area contributed by atoms with Gasteiger partial charge in [-0.1, -0.05) is 0 Å². The van der Waals surface area contributed by atoms with E-state index in [4.69, 9.17) is 5.73 Å². The molecule has 1 rings (SSSR count).